The van der Waals surface area contributed by atoms with Crippen LogP contribution in [0.25, 0.3) is 0 Å². The number of rotatable bonds is 4. The number of carbonyl (C=O) groups is 1. The van der Waals surface area contributed by atoms with E-state index in [-0.39, 0.29) is 22.7 Å². The van der Waals surface area contributed by atoms with Crippen molar-refractivity contribution in [2.75, 3.05) is 18.5 Å². The first-order chi connectivity index (χ1) is 10.9. The van der Waals surface area contributed by atoms with E-state index in [2.05, 4.69) is 20.3 Å². The predicted octanol–water partition coefficient (Wildman–Crippen LogP) is 0.723. The highest BCUT2D eigenvalue weighted by atomic mass is 32.2. The molecular weight excluding hydrogens is 322 g/mol. The molecule has 0 aliphatic rings. The smallest absolute Gasteiger partial charge is 0.338 e. The summed E-state index contributed by atoms with van der Waals surface area (Å²) in [6.45, 7) is 1.53. The number of hydrogen-bond donors (Lipinski definition) is 1. The fourth-order valence-electron chi connectivity index (χ4n) is 1.73. The molecule has 0 spiro atoms. The summed E-state index contributed by atoms with van der Waals surface area (Å²) in [4.78, 5) is 23.7. The number of nitrogens with one attached hydrogen (secondary N) is 1. The first-order valence-corrected chi connectivity index (χ1v) is 7.93. The molecule has 0 aliphatic carbocycles. The van der Waals surface area contributed by atoms with Crippen LogP contribution < -0.4 is 14.4 Å². The average molecular weight is 337 g/mol. The van der Waals surface area contributed by atoms with Crippen LogP contribution in [0.2, 0.25) is 0 Å². The number of urea groups is 1. The molecule has 2 amide bonds. The van der Waals surface area contributed by atoms with Crippen LogP contribution in [0.15, 0.2) is 35.2 Å². The van der Waals surface area contributed by atoms with E-state index in [9.17, 15) is 13.2 Å². The third-order valence-electron chi connectivity index (χ3n) is 2.76. The lowest BCUT2D eigenvalue weighted by Crippen LogP contribution is -2.43. The fourth-order valence-corrected chi connectivity index (χ4v) is 3.05. The molecule has 122 valence electrons. The largest absolute Gasteiger partial charge is 0.467 e. The Morgan fingerprint density at radius 1 is 1.17 bits per heavy atom. The van der Waals surface area contributed by atoms with Gasteiger partial charge >= 0.3 is 12.0 Å². The van der Waals surface area contributed by atoms with E-state index in [1.807, 2.05) is 0 Å². The quantitative estimate of drug-likeness (QED) is 0.874. The first kappa shape index (κ1) is 16.6. The van der Waals surface area contributed by atoms with Crippen LogP contribution in [0.5, 0.6) is 6.01 Å². The number of aromatic nitrogens is 3. The zero-order valence-electron chi connectivity index (χ0n) is 12.7. The standard InChI is InChI=1S/C13H15N5O4S/c1-9-15-11(17-12(16-9)22-3)18(13(19)14-2)23(20,21)10-7-5-4-6-8-10/h4-8H,1-3H3,(H,14,19). The number of carbonyl (C=O) groups excluding carboxylic acids is 1. The Hall–Kier alpha value is -2.75. The molecule has 0 radical (unpaired) electrons. The molecule has 2 aromatic rings. The second-order valence-corrected chi connectivity index (χ2v) is 6.09. The van der Waals surface area contributed by atoms with Gasteiger partial charge in [0.15, 0.2) is 0 Å². The molecule has 10 heteroatoms. The zero-order chi connectivity index (χ0) is 17.0. The molecule has 0 saturated carbocycles. The maximum atomic E-state index is 12.8. The summed E-state index contributed by atoms with van der Waals surface area (Å²) < 4.78 is 30.9. The number of hydrogen-bond acceptors (Lipinski definition) is 7. The number of ether oxygens (including phenoxy) is 1. The highest BCUT2D eigenvalue weighted by Gasteiger charge is 2.33. The van der Waals surface area contributed by atoms with Gasteiger partial charge in [-0.25, -0.2) is 13.2 Å². The number of methoxy groups -OCH3 is 1. The number of sulfonamides is 1. The lowest BCUT2D eigenvalue weighted by molar-refractivity contribution is 0.251. The maximum Gasteiger partial charge on any atom is 0.338 e. The van der Waals surface area contributed by atoms with Gasteiger partial charge in [0.25, 0.3) is 16.0 Å². The monoisotopic (exact) mass is 337 g/mol. The highest BCUT2D eigenvalue weighted by Crippen LogP contribution is 2.21. The van der Waals surface area contributed by atoms with Crippen molar-refractivity contribution in [2.45, 2.75) is 11.8 Å². The van der Waals surface area contributed by atoms with E-state index in [1.165, 1.54) is 33.2 Å². The Kier molecular flexibility index (Phi) is 4.74. The lowest BCUT2D eigenvalue weighted by Gasteiger charge is -2.20. The van der Waals surface area contributed by atoms with Gasteiger partial charge in [-0.15, -0.1) is 4.31 Å². The summed E-state index contributed by atoms with van der Waals surface area (Å²) in [5.74, 6) is -0.137. The van der Waals surface area contributed by atoms with Gasteiger partial charge in [0.2, 0.25) is 0 Å². The van der Waals surface area contributed by atoms with Gasteiger partial charge in [0, 0.05) is 7.05 Å². The summed E-state index contributed by atoms with van der Waals surface area (Å²) in [6.07, 6.45) is 0. The molecule has 0 aliphatic heterocycles. The first-order valence-electron chi connectivity index (χ1n) is 6.49. The van der Waals surface area contributed by atoms with Crippen molar-refractivity contribution in [1.29, 1.82) is 0 Å². The van der Waals surface area contributed by atoms with Crippen molar-refractivity contribution >= 4 is 22.0 Å². The average Bonchev–Trinajstić information content (AvgIpc) is 2.54. The van der Waals surface area contributed by atoms with Crippen molar-refractivity contribution in [3.05, 3.63) is 36.2 Å². The molecule has 0 bridgehead atoms. The number of anilines is 1. The molecule has 0 fully saturated rings. The van der Waals surface area contributed by atoms with Gasteiger partial charge in [0.05, 0.1) is 12.0 Å². The number of nitrogens with zero attached hydrogens (tertiary/aromatic N) is 4. The molecule has 0 atom stereocenters. The van der Waals surface area contributed by atoms with E-state index in [4.69, 9.17) is 4.74 Å². The molecule has 1 N–H and O–H groups in total. The van der Waals surface area contributed by atoms with E-state index >= 15 is 0 Å². The van der Waals surface area contributed by atoms with Crippen LogP contribution in [0.1, 0.15) is 5.82 Å². The van der Waals surface area contributed by atoms with Crippen molar-refractivity contribution < 1.29 is 17.9 Å². The van der Waals surface area contributed by atoms with Crippen LogP contribution in [0, 0.1) is 6.92 Å². The second-order valence-electron chi connectivity index (χ2n) is 4.31. The van der Waals surface area contributed by atoms with Gasteiger partial charge in [-0.2, -0.15) is 15.0 Å². The summed E-state index contributed by atoms with van der Waals surface area (Å²) in [6, 6.07) is 6.51. The minimum atomic E-state index is -4.19. The Labute approximate surface area is 133 Å². The SMILES string of the molecule is CNC(=O)N(c1nc(C)nc(OC)n1)S(=O)(=O)c1ccccc1. The van der Waals surface area contributed by atoms with E-state index in [1.54, 1.807) is 18.2 Å². The number of amides is 2. The number of aryl methyl sites for hydroxylation is 1. The molecule has 1 aromatic carbocycles. The van der Waals surface area contributed by atoms with E-state index in [0.29, 0.717) is 4.31 Å². The van der Waals surface area contributed by atoms with E-state index < -0.39 is 16.1 Å². The molecule has 9 nitrogen and oxygen atoms in total. The van der Waals surface area contributed by atoms with Crippen LogP contribution in [0.4, 0.5) is 10.7 Å². The Morgan fingerprint density at radius 2 is 1.83 bits per heavy atom. The maximum absolute atomic E-state index is 12.8. The summed E-state index contributed by atoms with van der Waals surface area (Å²) in [5.41, 5.74) is 0. The predicted molar refractivity (Wildman–Crippen MR) is 81.7 cm³/mol. The molecule has 1 aromatic heterocycles. The molecule has 23 heavy (non-hydrogen) atoms. The fraction of sp³-hybridized carbons (Fsp3) is 0.231. The van der Waals surface area contributed by atoms with Crippen molar-refractivity contribution in [2.24, 2.45) is 0 Å². The summed E-state index contributed by atoms with van der Waals surface area (Å²) >= 11 is 0. The van der Waals surface area contributed by atoms with Crippen molar-refractivity contribution in [1.82, 2.24) is 20.3 Å². The van der Waals surface area contributed by atoms with Crippen LogP contribution in [-0.2, 0) is 10.0 Å². The minimum Gasteiger partial charge on any atom is -0.467 e. The zero-order valence-corrected chi connectivity index (χ0v) is 13.5. The van der Waals surface area contributed by atoms with Crippen molar-refractivity contribution in [3.63, 3.8) is 0 Å². The van der Waals surface area contributed by atoms with Crippen LogP contribution in [-0.4, -0.2) is 43.6 Å². The molecular formula is C13H15N5O4S. The van der Waals surface area contributed by atoms with Crippen LogP contribution >= 0.6 is 0 Å². The lowest BCUT2D eigenvalue weighted by atomic mass is 10.4. The van der Waals surface area contributed by atoms with Crippen molar-refractivity contribution in [3.8, 4) is 6.01 Å². The van der Waals surface area contributed by atoms with Gasteiger partial charge in [-0.1, -0.05) is 18.2 Å². The van der Waals surface area contributed by atoms with E-state index in [0.717, 1.165) is 0 Å². The third-order valence-corrected chi connectivity index (χ3v) is 4.44. The second kappa shape index (κ2) is 6.57. The Morgan fingerprint density at radius 3 is 2.39 bits per heavy atom. The van der Waals surface area contributed by atoms with Gasteiger partial charge in [-0.05, 0) is 19.1 Å². The Bertz CT molecular complexity index is 810. The third kappa shape index (κ3) is 3.37. The number of benzene rings is 1. The minimum absolute atomic E-state index is 0.0689. The summed E-state index contributed by atoms with van der Waals surface area (Å²) in [7, 11) is -1.56. The molecule has 0 saturated heterocycles. The highest BCUT2D eigenvalue weighted by molar-refractivity contribution is 7.93. The molecule has 0 unspecified atom stereocenters. The normalized spacial score (nSPS) is 10.9. The Balaban J connectivity index is 2.63. The van der Waals surface area contributed by atoms with Gasteiger partial charge in [-0.3, -0.25) is 0 Å². The topological polar surface area (TPSA) is 114 Å². The van der Waals surface area contributed by atoms with Gasteiger partial charge < -0.3 is 10.1 Å². The van der Waals surface area contributed by atoms with Gasteiger partial charge in [0.1, 0.15) is 5.82 Å². The van der Waals surface area contributed by atoms with Crippen LogP contribution in [0.3, 0.4) is 0 Å². The molecule has 2 rings (SSSR count). The summed E-state index contributed by atoms with van der Waals surface area (Å²) in [5, 5.41) is 2.26. The molecule has 1 heterocycles.